The third-order valence-corrected chi connectivity index (χ3v) is 2.32. The Morgan fingerprint density at radius 2 is 2.00 bits per heavy atom. The fourth-order valence-electron chi connectivity index (χ4n) is 1.13. The number of hydrogen-bond acceptors (Lipinski definition) is 1. The normalized spacial score (nSPS) is 10.0. The summed E-state index contributed by atoms with van der Waals surface area (Å²) in [6.07, 6.45) is 0. The molecule has 70 valence electrons. The van der Waals surface area contributed by atoms with Crippen molar-refractivity contribution in [2.75, 3.05) is 0 Å². The highest BCUT2D eigenvalue weighted by molar-refractivity contribution is 6.34. The van der Waals surface area contributed by atoms with Gasteiger partial charge < -0.3 is 0 Å². The Labute approximate surface area is 91.8 Å². The van der Waals surface area contributed by atoms with Gasteiger partial charge in [0.05, 0.1) is 5.52 Å². The second kappa shape index (κ2) is 4.18. The van der Waals surface area contributed by atoms with Crippen LogP contribution in [0.1, 0.15) is 0 Å². The third kappa shape index (κ3) is 1.75. The van der Waals surface area contributed by atoms with E-state index >= 15 is 0 Å². The first-order valence-corrected chi connectivity index (χ1v) is 4.41. The number of benzene rings is 1. The molecule has 2 aromatic rings. The summed E-state index contributed by atoms with van der Waals surface area (Å²) in [5, 5.41) is 5.73. The Morgan fingerprint density at radius 1 is 1.31 bits per heavy atom. The lowest BCUT2D eigenvalue weighted by Gasteiger charge is -1.92. The lowest BCUT2D eigenvalue weighted by molar-refractivity contribution is 0.756. The lowest BCUT2D eigenvalue weighted by atomic mass is 10.3. The van der Waals surface area contributed by atoms with E-state index in [0.29, 0.717) is 5.15 Å². The molecular weight excluding hydrogens is 230 g/mol. The van der Waals surface area contributed by atoms with Crippen molar-refractivity contribution < 1.29 is 0 Å². The number of fused-ring (bicyclic) bond motifs is 1. The minimum absolute atomic E-state index is 0. The molecule has 1 aromatic heterocycles. The molecule has 1 heterocycles. The zero-order valence-electron chi connectivity index (χ0n) is 6.58. The molecule has 13 heavy (non-hydrogen) atoms. The molecule has 0 bridgehead atoms. The molecule has 0 saturated carbocycles. The molecule has 0 saturated heterocycles. The highest BCUT2D eigenvalue weighted by Gasteiger charge is 2.05. The van der Waals surface area contributed by atoms with Crippen LogP contribution in [-0.2, 0) is 6.00 Å². The van der Waals surface area contributed by atoms with Crippen LogP contribution in [0.5, 0.6) is 0 Å². The second-order valence-corrected chi connectivity index (χ2v) is 3.02. The van der Waals surface area contributed by atoms with Crippen LogP contribution >= 0.6 is 35.6 Å². The molecule has 0 N–H and O–H groups in total. The van der Waals surface area contributed by atoms with Crippen LogP contribution in [-0.4, -0.2) is 9.78 Å². The van der Waals surface area contributed by atoms with Gasteiger partial charge in [-0.25, -0.2) is 4.68 Å². The van der Waals surface area contributed by atoms with Gasteiger partial charge in [0, 0.05) is 5.39 Å². The topological polar surface area (TPSA) is 17.8 Å². The molecule has 0 fully saturated rings. The number of halogens is 3. The smallest absolute Gasteiger partial charge is 0.136 e. The summed E-state index contributed by atoms with van der Waals surface area (Å²) in [4.78, 5) is 0. The van der Waals surface area contributed by atoms with E-state index in [4.69, 9.17) is 23.2 Å². The second-order valence-electron chi connectivity index (χ2n) is 2.43. The van der Waals surface area contributed by atoms with Gasteiger partial charge >= 0.3 is 0 Å². The summed E-state index contributed by atoms with van der Waals surface area (Å²) in [5.74, 6) is 0. The molecule has 0 aliphatic heterocycles. The van der Waals surface area contributed by atoms with Gasteiger partial charge in [0.2, 0.25) is 0 Å². The van der Waals surface area contributed by atoms with Crippen molar-refractivity contribution >= 4 is 46.5 Å². The van der Waals surface area contributed by atoms with Gasteiger partial charge in [-0.1, -0.05) is 23.7 Å². The minimum atomic E-state index is 0. The maximum atomic E-state index is 5.97. The first kappa shape index (κ1) is 10.6. The average molecular weight is 238 g/mol. The van der Waals surface area contributed by atoms with Gasteiger partial charge in [0.25, 0.3) is 0 Å². The summed E-state index contributed by atoms with van der Waals surface area (Å²) < 4.78 is 1.56. The molecular formula is C8H7Cl3N2. The molecule has 0 amide bonds. The highest BCUT2D eigenvalue weighted by Crippen LogP contribution is 2.22. The Bertz CT molecular complexity index is 411. The number of hydrogen-bond donors (Lipinski definition) is 0. The zero-order valence-corrected chi connectivity index (χ0v) is 8.90. The third-order valence-electron chi connectivity index (χ3n) is 1.69. The predicted molar refractivity (Wildman–Crippen MR) is 57.8 cm³/mol. The molecule has 2 rings (SSSR count). The van der Waals surface area contributed by atoms with Crippen LogP contribution in [0.25, 0.3) is 10.9 Å². The molecule has 0 radical (unpaired) electrons. The molecule has 5 heteroatoms. The summed E-state index contributed by atoms with van der Waals surface area (Å²) >= 11 is 11.6. The molecule has 0 spiro atoms. The van der Waals surface area contributed by atoms with E-state index in [-0.39, 0.29) is 18.4 Å². The van der Waals surface area contributed by atoms with Crippen molar-refractivity contribution in [1.82, 2.24) is 9.78 Å². The Balaban J connectivity index is 0.000000845. The number of rotatable bonds is 1. The molecule has 0 aliphatic carbocycles. The van der Waals surface area contributed by atoms with E-state index in [2.05, 4.69) is 5.10 Å². The van der Waals surface area contributed by atoms with Crippen molar-refractivity contribution in [3.8, 4) is 0 Å². The summed E-state index contributed by atoms with van der Waals surface area (Å²) in [7, 11) is 0. The summed E-state index contributed by atoms with van der Waals surface area (Å²) in [6.45, 7) is 0. The molecule has 0 atom stereocenters. The molecule has 1 aromatic carbocycles. The highest BCUT2D eigenvalue weighted by atomic mass is 35.5. The van der Waals surface area contributed by atoms with Crippen molar-refractivity contribution in [2.45, 2.75) is 6.00 Å². The summed E-state index contributed by atoms with van der Waals surface area (Å²) in [5.41, 5.74) is 0.878. The monoisotopic (exact) mass is 236 g/mol. The van der Waals surface area contributed by atoms with Crippen molar-refractivity contribution in [1.29, 1.82) is 0 Å². The van der Waals surface area contributed by atoms with Crippen LogP contribution in [0.2, 0.25) is 5.15 Å². The van der Waals surface area contributed by atoms with E-state index in [0.717, 1.165) is 10.9 Å². The van der Waals surface area contributed by atoms with Crippen LogP contribution in [0.15, 0.2) is 24.3 Å². The van der Waals surface area contributed by atoms with Gasteiger partial charge in [-0.3, -0.25) is 0 Å². The lowest BCUT2D eigenvalue weighted by Crippen LogP contribution is -1.92. The Kier molecular flexibility index (Phi) is 3.42. The average Bonchev–Trinajstić information content (AvgIpc) is 2.44. The maximum absolute atomic E-state index is 5.97. The largest absolute Gasteiger partial charge is 0.238 e. The van der Waals surface area contributed by atoms with Crippen molar-refractivity contribution in [3.63, 3.8) is 0 Å². The zero-order chi connectivity index (χ0) is 8.55. The van der Waals surface area contributed by atoms with Gasteiger partial charge in [-0.15, -0.1) is 24.0 Å². The quantitative estimate of drug-likeness (QED) is 0.696. The predicted octanol–water partition coefficient (Wildman–Crippen LogP) is 3.31. The molecule has 0 aliphatic rings. The van der Waals surface area contributed by atoms with E-state index in [1.807, 2.05) is 24.3 Å². The van der Waals surface area contributed by atoms with Gasteiger partial charge in [0.1, 0.15) is 11.2 Å². The first-order valence-electron chi connectivity index (χ1n) is 3.50. The number of nitrogens with zero attached hydrogens (tertiary/aromatic N) is 2. The van der Waals surface area contributed by atoms with Crippen LogP contribution in [0, 0.1) is 0 Å². The Hall–Kier alpha value is -0.440. The molecule has 0 unspecified atom stereocenters. The van der Waals surface area contributed by atoms with Crippen LogP contribution < -0.4 is 0 Å². The minimum Gasteiger partial charge on any atom is -0.238 e. The van der Waals surface area contributed by atoms with E-state index in [1.54, 1.807) is 4.68 Å². The Morgan fingerprint density at radius 3 is 2.62 bits per heavy atom. The van der Waals surface area contributed by atoms with Gasteiger partial charge in [0.15, 0.2) is 0 Å². The van der Waals surface area contributed by atoms with Gasteiger partial charge in [-0.05, 0) is 12.1 Å². The fourth-order valence-corrected chi connectivity index (χ4v) is 1.62. The summed E-state index contributed by atoms with van der Waals surface area (Å²) in [6, 6.07) is 7.96. The van der Waals surface area contributed by atoms with Crippen molar-refractivity contribution in [3.05, 3.63) is 29.4 Å². The number of alkyl halides is 1. The SMILES string of the molecule is Cl.ClCn1nc2ccccc2c1Cl. The van der Waals surface area contributed by atoms with E-state index in [1.165, 1.54) is 0 Å². The van der Waals surface area contributed by atoms with Crippen LogP contribution in [0.3, 0.4) is 0 Å². The van der Waals surface area contributed by atoms with Crippen LogP contribution in [0.4, 0.5) is 0 Å². The van der Waals surface area contributed by atoms with E-state index in [9.17, 15) is 0 Å². The standard InChI is InChI=1S/C8H6Cl2N2.ClH/c9-5-12-8(10)6-3-1-2-4-7(6)11-12;/h1-4H,5H2;1H. The number of aromatic nitrogens is 2. The van der Waals surface area contributed by atoms with E-state index < -0.39 is 0 Å². The van der Waals surface area contributed by atoms with Crippen molar-refractivity contribution in [2.24, 2.45) is 0 Å². The molecule has 2 nitrogen and oxygen atoms in total. The fraction of sp³-hybridized carbons (Fsp3) is 0.125. The first-order chi connectivity index (χ1) is 5.83. The maximum Gasteiger partial charge on any atom is 0.136 e. The van der Waals surface area contributed by atoms with Gasteiger partial charge in [-0.2, -0.15) is 5.10 Å².